The molecule has 0 radical (unpaired) electrons. The molecule has 4 N–H and O–H groups in total. The average Bonchev–Trinajstić information content (AvgIpc) is 3.06. The van der Waals surface area contributed by atoms with Crippen LogP contribution < -0.4 is 0 Å². The number of hydrogen-bond acceptors (Lipinski definition) is 5. The van der Waals surface area contributed by atoms with E-state index in [-0.39, 0.29) is 12.7 Å². The van der Waals surface area contributed by atoms with Crippen LogP contribution in [0.3, 0.4) is 0 Å². The predicted octanol–water partition coefficient (Wildman–Crippen LogP) is 9.53. The summed E-state index contributed by atoms with van der Waals surface area (Å²) in [7, 11) is 0. The molecule has 1 unspecified atom stereocenters. The van der Waals surface area contributed by atoms with Crippen molar-refractivity contribution in [2.45, 2.75) is 104 Å². The van der Waals surface area contributed by atoms with Crippen molar-refractivity contribution in [3.05, 3.63) is 108 Å². The highest BCUT2D eigenvalue weighted by molar-refractivity contribution is 5.77. The zero-order valence-electron chi connectivity index (χ0n) is 27.2. The lowest BCUT2D eigenvalue weighted by atomic mass is 9.90. The second-order valence-corrected chi connectivity index (χ2v) is 10.1. The normalized spacial score (nSPS) is 12.8. The molecule has 0 spiro atoms. The van der Waals surface area contributed by atoms with Gasteiger partial charge in [-0.2, -0.15) is 0 Å². The van der Waals surface area contributed by atoms with E-state index in [0.717, 1.165) is 30.4 Å². The van der Waals surface area contributed by atoms with Crippen LogP contribution in [0.1, 0.15) is 107 Å². The molecule has 0 aromatic heterocycles. The monoisotopic (exact) mass is 594 g/mol. The first-order valence-electron chi connectivity index (χ1n) is 15.6. The third-order valence-corrected chi connectivity index (χ3v) is 6.84. The van der Waals surface area contributed by atoms with Crippen molar-refractivity contribution in [2.24, 2.45) is 0 Å². The second-order valence-electron chi connectivity index (χ2n) is 10.1. The standard InChI is InChI=1S/C32H42O2.C3H6.C2H6.CH2O.H2O2/c1-3-4-5-6-7-12-30-23-27(15-22-32(30)29-18-20-31(34)21-19-29)11-9-8-10-26-13-16-28(17-14-26)25(2)24-33;1-3-2;3*1-2/h13-20,22-23,31,33-34H,2-12,21,24H2,1H3;3H,1H2,2H3;1-2H3;1H2;1-2H. The minimum absolute atomic E-state index is 0.00832. The molecule has 240 valence electrons. The summed E-state index contributed by atoms with van der Waals surface area (Å²) in [6.07, 6.45) is 20.4. The van der Waals surface area contributed by atoms with Crippen molar-refractivity contribution >= 4 is 17.9 Å². The molecule has 1 atom stereocenters. The molecular formula is C38H58O5. The molecule has 1 aliphatic carbocycles. The van der Waals surface area contributed by atoms with E-state index in [0.29, 0.717) is 6.42 Å². The Hall–Kier alpha value is -3.09. The zero-order chi connectivity index (χ0) is 32.9. The van der Waals surface area contributed by atoms with Crippen molar-refractivity contribution < 1.29 is 25.5 Å². The molecule has 0 heterocycles. The maximum atomic E-state index is 9.82. The molecule has 0 amide bonds. The second kappa shape index (κ2) is 29.0. The Morgan fingerprint density at radius 1 is 0.884 bits per heavy atom. The number of carbonyl (C=O) groups is 1. The maximum Gasteiger partial charge on any atom is 0.106 e. The molecular weight excluding hydrogens is 536 g/mol. The third-order valence-electron chi connectivity index (χ3n) is 6.84. The number of aryl methyl sites for hydroxylation is 3. The fourth-order valence-electron chi connectivity index (χ4n) is 4.68. The summed E-state index contributed by atoms with van der Waals surface area (Å²) in [6.45, 7) is 17.4. The lowest BCUT2D eigenvalue weighted by Gasteiger charge is -2.17. The van der Waals surface area contributed by atoms with Crippen molar-refractivity contribution in [1.82, 2.24) is 0 Å². The summed E-state index contributed by atoms with van der Waals surface area (Å²) in [5.41, 5.74) is 8.62. The first-order valence-corrected chi connectivity index (χ1v) is 15.6. The number of aliphatic hydroxyl groups is 2. The quantitative estimate of drug-likeness (QED) is 0.0756. The Kier molecular flexibility index (Phi) is 28.4. The molecule has 2 aromatic carbocycles. The van der Waals surface area contributed by atoms with Gasteiger partial charge in [0, 0.05) is 0 Å². The van der Waals surface area contributed by atoms with Gasteiger partial charge >= 0.3 is 0 Å². The van der Waals surface area contributed by atoms with Crippen LogP contribution in [0.5, 0.6) is 0 Å². The van der Waals surface area contributed by atoms with Crippen LogP contribution in [0.15, 0.2) is 79.9 Å². The van der Waals surface area contributed by atoms with Crippen LogP contribution in [0.4, 0.5) is 0 Å². The SMILES string of the molecule is C=C(CO)c1ccc(CCCCc2ccc(C3=CCC(O)C=C3)c(CCCCCCC)c2)cc1.C=CC.C=O.CC.OO. The summed E-state index contributed by atoms with van der Waals surface area (Å²) in [5, 5.41) is 31.0. The number of aliphatic hydroxyl groups excluding tert-OH is 2. The van der Waals surface area contributed by atoms with E-state index in [9.17, 15) is 10.2 Å². The van der Waals surface area contributed by atoms with Crippen LogP contribution in [0.25, 0.3) is 11.1 Å². The van der Waals surface area contributed by atoms with Gasteiger partial charge in [0.2, 0.25) is 0 Å². The molecule has 3 rings (SSSR count). The lowest BCUT2D eigenvalue weighted by molar-refractivity contribution is -0.176. The summed E-state index contributed by atoms with van der Waals surface area (Å²) < 4.78 is 0. The highest BCUT2D eigenvalue weighted by Crippen LogP contribution is 2.28. The van der Waals surface area contributed by atoms with E-state index in [4.69, 9.17) is 15.3 Å². The molecule has 1 aliphatic rings. The van der Waals surface area contributed by atoms with E-state index < -0.39 is 0 Å². The zero-order valence-corrected chi connectivity index (χ0v) is 27.2. The molecule has 0 saturated heterocycles. The Morgan fingerprint density at radius 2 is 1.42 bits per heavy atom. The van der Waals surface area contributed by atoms with Crippen LogP contribution in [-0.2, 0) is 24.1 Å². The summed E-state index contributed by atoms with van der Waals surface area (Å²) in [5.74, 6) is 0. The predicted molar refractivity (Wildman–Crippen MR) is 185 cm³/mol. The number of benzene rings is 2. The van der Waals surface area contributed by atoms with Gasteiger partial charge in [0.25, 0.3) is 0 Å². The fraction of sp³-hybridized carbons (Fsp3) is 0.447. The Balaban J connectivity index is 0. The van der Waals surface area contributed by atoms with Gasteiger partial charge in [0.1, 0.15) is 6.79 Å². The Bertz CT molecular complexity index is 1040. The topological polar surface area (TPSA) is 98.0 Å². The minimum Gasteiger partial charge on any atom is -0.392 e. The van der Waals surface area contributed by atoms with E-state index in [1.165, 1.54) is 72.8 Å². The van der Waals surface area contributed by atoms with Crippen LogP contribution in [-0.4, -0.2) is 40.2 Å². The van der Waals surface area contributed by atoms with Gasteiger partial charge in [0.05, 0.1) is 12.7 Å². The van der Waals surface area contributed by atoms with Gasteiger partial charge in [-0.25, -0.2) is 0 Å². The highest BCUT2D eigenvalue weighted by Gasteiger charge is 2.11. The van der Waals surface area contributed by atoms with Crippen molar-refractivity contribution in [3.63, 3.8) is 0 Å². The Morgan fingerprint density at radius 3 is 1.95 bits per heavy atom. The van der Waals surface area contributed by atoms with Gasteiger partial charge < -0.3 is 15.0 Å². The smallest absolute Gasteiger partial charge is 0.106 e. The number of unbranched alkanes of at least 4 members (excludes halogenated alkanes) is 5. The number of carbonyl (C=O) groups excluding carboxylic acids is 1. The van der Waals surface area contributed by atoms with E-state index in [1.54, 1.807) is 6.08 Å². The average molecular weight is 595 g/mol. The minimum atomic E-state index is -0.342. The van der Waals surface area contributed by atoms with Gasteiger partial charge in [-0.15, -0.1) is 6.58 Å². The van der Waals surface area contributed by atoms with E-state index in [2.05, 4.69) is 74.7 Å². The van der Waals surface area contributed by atoms with Gasteiger partial charge in [-0.1, -0.05) is 120 Å². The highest BCUT2D eigenvalue weighted by atomic mass is 17.0. The summed E-state index contributed by atoms with van der Waals surface area (Å²) in [4.78, 5) is 8.00. The van der Waals surface area contributed by atoms with Crippen LogP contribution >= 0.6 is 0 Å². The molecule has 0 fully saturated rings. The van der Waals surface area contributed by atoms with Gasteiger partial charge in [-0.05, 0) is 90.8 Å². The van der Waals surface area contributed by atoms with Gasteiger partial charge in [0.15, 0.2) is 0 Å². The summed E-state index contributed by atoms with van der Waals surface area (Å²) in [6, 6.07) is 15.5. The largest absolute Gasteiger partial charge is 0.392 e. The number of rotatable bonds is 14. The molecule has 5 nitrogen and oxygen atoms in total. The van der Waals surface area contributed by atoms with Crippen LogP contribution in [0, 0.1) is 0 Å². The fourth-order valence-corrected chi connectivity index (χ4v) is 4.68. The number of hydrogen-bond donors (Lipinski definition) is 4. The first kappa shape index (κ1) is 42.0. The molecule has 0 saturated carbocycles. The Labute approximate surface area is 262 Å². The van der Waals surface area contributed by atoms with E-state index >= 15 is 0 Å². The molecule has 43 heavy (non-hydrogen) atoms. The first-order chi connectivity index (χ1) is 21.0. The lowest BCUT2D eigenvalue weighted by Crippen LogP contribution is -2.05. The molecule has 5 heteroatoms. The van der Waals surface area contributed by atoms with E-state index in [1.807, 2.05) is 33.6 Å². The summed E-state index contributed by atoms with van der Waals surface area (Å²) >= 11 is 0. The van der Waals surface area contributed by atoms with Crippen LogP contribution in [0.2, 0.25) is 0 Å². The van der Waals surface area contributed by atoms with Crippen molar-refractivity contribution in [3.8, 4) is 0 Å². The molecule has 0 bridgehead atoms. The maximum absolute atomic E-state index is 9.82. The van der Waals surface area contributed by atoms with Gasteiger partial charge in [-0.3, -0.25) is 10.5 Å². The molecule has 2 aromatic rings. The third kappa shape index (κ3) is 18.2. The van der Waals surface area contributed by atoms with Crippen molar-refractivity contribution in [2.75, 3.05) is 6.61 Å². The van der Waals surface area contributed by atoms with Crippen molar-refractivity contribution in [1.29, 1.82) is 0 Å². The molecule has 0 aliphatic heterocycles. The number of allylic oxidation sites excluding steroid dienone is 3.